The zero-order valence-electron chi connectivity index (χ0n) is 10.6. The second-order valence-electron chi connectivity index (χ2n) is 4.03. The van der Waals surface area contributed by atoms with E-state index in [0.29, 0.717) is 12.4 Å². The molecule has 0 fully saturated rings. The van der Waals surface area contributed by atoms with Gasteiger partial charge in [0.05, 0.1) is 12.2 Å². The van der Waals surface area contributed by atoms with Gasteiger partial charge in [-0.05, 0) is 32.6 Å². The average Bonchev–Trinajstić information content (AvgIpc) is 2.23. The summed E-state index contributed by atoms with van der Waals surface area (Å²) in [6, 6.07) is 4.43. The van der Waals surface area contributed by atoms with Crippen LogP contribution in [0.3, 0.4) is 0 Å². The van der Waals surface area contributed by atoms with E-state index in [0.717, 1.165) is 13.0 Å². The third-order valence-corrected chi connectivity index (χ3v) is 2.25. The second kappa shape index (κ2) is 7.89. The van der Waals surface area contributed by atoms with Gasteiger partial charge in [-0.3, -0.25) is 5.41 Å². The number of benzene rings is 1. The highest BCUT2D eigenvalue weighted by atomic mass is 35.5. The fraction of sp³-hybridized carbons (Fsp3) is 0.417. The predicted octanol–water partition coefficient (Wildman–Crippen LogP) is 1.86. The van der Waals surface area contributed by atoms with Crippen molar-refractivity contribution in [3.05, 3.63) is 29.6 Å². The minimum Gasteiger partial charge on any atom is -0.493 e. The maximum atomic E-state index is 13.4. The topological polar surface area (TPSA) is 62.3 Å². The van der Waals surface area contributed by atoms with Gasteiger partial charge in [0.25, 0.3) is 0 Å². The molecule has 0 saturated heterocycles. The number of amidine groups is 1. The van der Waals surface area contributed by atoms with Crippen molar-refractivity contribution < 1.29 is 9.13 Å². The Hall–Kier alpha value is -1.33. The number of nitrogens with one attached hydrogen (secondary N) is 1. The molecule has 3 N–H and O–H groups in total. The molecular weight excluding hydrogens is 257 g/mol. The first-order valence-corrected chi connectivity index (χ1v) is 5.43. The zero-order valence-corrected chi connectivity index (χ0v) is 11.4. The second-order valence-corrected chi connectivity index (χ2v) is 4.03. The standard InChI is InChI=1S/C12H18FN3O.ClH/c1-16(2)7-4-8-17-10-6-3-5-9(13)11(10)12(14)15;/h3,5-6H,4,7-8H2,1-2H3,(H3,14,15);1H. The largest absolute Gasteiger partial charge is 0.493 e. The Labute approximate surface area is 113 Å². The van der Waals surface area contributed by atoms with Gasteiger partial charge >= 0.3 is 0 Å². The molecule has 0 heterocycles. The van der Waals surface area contributed by atoms with E-state index in [1.807, 2.05) is 19.0 Å². The van der Waals surface area contributed by atoms with E-state index in [9.17, 15) is 4.39 Å². The maximum absolute atomic E-state index is 13.4. The molecule has 102 valence electrons. The van der Waals surface area contributed by atoms with Crippen LogP contribution in [0, 0.1) is 11.2 Å². The Morgan fingerprint density at radius 2 is 2.11 bits per heavy atom. The van der Waals surface area contributed by atoms with Crippen molar-refractivity contribution >= 4 is 18.2 Å². The predicted molar refractivity (Wildman–Crippen MR) is 73.3 cm³/mol. The first kappa shape index (κ1) is 16.7. The molecule has 1 aromatic carbocycles. The van der Waals surface area contributed by atoms with Gasteiger partial charge in [-0.2, -0.15) is 0 Å². The molecule has 0 spiro atoms. The highest BCUT2D eigenvalue weighted by molar-refractivity contribution is 5.97. The molecule has 0 aromatic heterocycles. The molecule has 0 atom stereocenters. The van der Waals surface area contributed by atoms with Crippen molar-refractivity contribution in [2.45, 2.75) is 6.42 Å². The quantitative estimate of drug-likeness (QED) is 0.473. The number of rotatable bonds is 6. The Morgan fingerprint density at radius 1 is 1.44 bits per heavy atom. The van der Waals surface area contributed by atoms with Crippen LogP contribution in [0.2, 0.25) is 0 Å². The van der Waals surface area contributed by atoms with Gasteiger partial charge in [0.2, 0.25) is 0 Å². The molecule has 0 bridgehead atoms. The van der Waals surface area contributed by atoms with Gasteiger partial charge in [0.15, 0.2) is 0 Å². The summed E-state index contributed by atoms with van der Waals surface area (Å²) in [6.45, 7) is 1.37. The molecule has 0 amide bonds. The van der Waals surface area contributed by atoms with E-state index in [1.165, 1.54) is 6.07 Å². The Balaban J connectivity index is 0.00000289. The van der Waals surface area contributed by atoms with Crippen LogP contribution in [0.5, 0.6) is 5.75 Å². The van der Waals surface area contributed by atoms with Gasteiger partial charge in [-0.1, -0.05) is 6.07 Å². The highest BCUT2D eigenvalue weighted by Gasteiger charge is 2.12. The summed E-state index contributed by atoms with van der Waals surface area (Å²) in [4.78, 5) is 2.04. The van der Waals surface area contributed by atoms with E-state index >= 15 is 0 Å². The lowest BCUT2D eigenvalue weighted by Crippen LogP contribution is -2.18. The van der Waals surface area contributed by atoms with Crippen LogP contribution in [0.15, 0.2) is 18.2 Å². The summed E-state index contributed by atoms with van der Waals surface area (Å²) in [6.07, 6.45) is 0.834. The van der Waals surface area contributed by atoms with Gasteiger partial charge in [0.1, 0.15) is 17.4 Å². The van der Waals surface area contributed by atoms with Gasteiger partial charge in [-0.25, -0.2) is 4.39 Å². The van der Waals surface area contributed by atoms with Crippen LogP contribution in [0.1, 0.15) is 12.0 Å². The lowest BCUT2D eigenvalue weighted by Gasteiger charge is -2.13. The third kappa shape index (κ3) is 4.89. The lowest BCUT2D eigenvalue weighted by molar-refractivity contribution is 0.280. The summed E-state index contributed by atoms with van der Waals surface area (Å²) >= 11 is 0. The van der Waals surface area contributed by atoms with E-state index < -0.39 is 5.82 Å². The van der Waals surface area contributed by atoms with Gasteiger partial charge in [0, 0.05) is 6.54 Å². The fourth-order valence-electron chi connectivity index (χ4n) is 1.45. The first-order valence-electron chi connectivity index (χ1n) is 5.43. The summed E-state index contributed by atoms with van der Waals surface area (Å²) in [5, 5.41) is 7.32. The number of halogens is 2. The van der Waals surface area contributed by atoms with E-state index in [-0.39, 0.29) is 23.8 Å². The number of hydrogen-bond donors (Lipinski definition) is 2. The fourth-order valence-corrected chi connectivity index (χ4v) is 1.45. The Kier molecular flexibility index (Phi) is 7.31. The summed E-state index contributed by atoms with van der Waals surface area (Å²) in [5.41, 5.74) is 5.36. The molecule has 0 unspecified atom stereocenters. The molecule has 0 aliphatic rings. The van der Waals surface area contributed by atoms with Crippen molar-refractivity contribution in [3.63, 3.8) is 0 Å². The van der Waals surface area contributed by atoms with Crippen LogP contribution >= 0.6 is 12.4 Å². The third-order valence-electron chi connectivity index (χ3n) is 2.25. The van der Waals surface area contributed by atoms with Gasteiger partial charge < -0.3 is 15.4 Å². The van der Waals surface area contributed by atoms with Crippen LogP contribution < -0.4 is 10.5 Å². The number of hydrogen-bond acceptors (Lipinski definition) is 3. The van der Waals surface area contributed by atoms with E-state index in [1.54, 1.807) is 12.1 Å². The van der Waals surface area contributed by atoms with Crippen LogP contribution in [0.4, 0.5) is 4.39 Å². The number of nitrogens with two attached hydrogens (primary N) is 1. The molecule has 1 rings (SSSR count). The normalized spacial score (nSPS) is 10.0. The number of nitrogens with zero attached hydrogens (tertiary/aromatic N) is 1. The summed E-state index contributed by atoms with van der Waals surface area (Å²) in [5.74, 6) is -0.510. The highest BCUT2D eigenvalue weighted by Crippen LogP contribution is 2.20. The maximum Gasteiger partial charge on any atom is 0.137 e. The molecule has 18 heavy (non-hydrogen) atoms. The van der Waals surface area contributed by atoms with E-state index in [2.05, 4.69) is 0 Å². The average molecular weight is 276 g/mol. The van der Waals surface area contributed by atoms with Crippen molar-refractivity contribution in [3.8, 4) is 5.75 Å². The summed E-state index contributed by atoms with van der Waals surface area (Å²) in [7, 11) is 3.95. The van der Waals surface area contributed by atoms with Crippen LogP contribution in [-0.2, 0) is 0 Å². The lowest BCUT2D eigenvalue weighted by atomic mass is 10.1. The molecule has 1 aromatic rings. The van der Waals surface area contributed by atoms with Crippen molar-refractivity contribution in [1.82, 2.24) is 4.90 Å². The molecule has 0 saturated carbocycles. The zero-order chi connectivity index (χ0) is 12.8. The number of nitrogen functional groups attached to an aromatic ring is 1. The minimum absolute atomic E-state index is 0. The van der Waals surface area contributed by atoms with Crippen LogP contribution in [0.25, 0.3) is 0 Å². The van der Waals surface area contributed by atoms with Gasteiger partial charge in [-0.15, -0.1) is 12.4 Å². The molecule has 0 aliphatic heterocycles. The summed E-state index contributed by atoms with van der Waals surface area (Å²) < 4.78 is 18.9. The molecule has 6 heteroatoms. The molecule has 0 radical (unpaired) electrons. The van der Waals surface area contributed by atoms with Crippen LogP contribution in [-0.4, -0.2) is 38.0 Å². The molecule has 0 aliphatic carbocycles. The van der Waals surface area contributed by atoms with Crippen molar-refractivity contribution in [2.75, 3.05) is 27.2 Å². The van der Waals surface area contributed by atoms with Crippen molar-refractivity contribution in [1.29, 1.82) is 5.41 Å². The van der Waals surface area contributed by atoms with Crippen molar-refractivity contribution in [2.24, 2.45) is 5.73 Å². The van der Waals surface area contributed by atoms with E-state index in [4.69, 9.17) is 15.9 Å². The monoisotopic (exact) mass is 275 g/mol. The smallest absolute Gasteiger partial charge is 0.137 e. The Morgan fingerprint density at radius 3 is 2.67 bits per heavy atom. The number of ether oxygens (including phenoxy) is 1. The minimum atomic E-state index is -0.525. The molecule has 4 nitrogen and oxygen atoms in total. The first-order chi connectivity index (χ1) is 8.02. The Bertz CT molecular complexity index is 399. The SMILES string of the molecule is CN(C)CCCOc1cccc(F)c1C(=N)N.Cl. The molecular formula is C12H19ClFN3O.